The largest absolute Gasteiger partial charge is 0.496 e. The highest BCUT2D eigenvalue weighted by Crippen LogP contribution is 2.72. The van der Waals surface area contributed by atoms with Crippen LogP contribution in [0, 0.1) is 45.3 Å². The molecule has 0 radical (unpaired) electrons. The summed E-state index contributed by atoms with van der Waals surface area (Å²) in [6.45, 7) is 18.9. The number of hydrogen-bond acceptors (Lipinski definition) is 24. The van der Waals surface area contributed by atoms with Gasteiger partial charge in [-0.15, -0.1) is 30.6 Å². The first-order valence-electron chi connectivity index (χ1n) is 40.8. The van der Waals surface area contributed by atoms with Crippen LogP contribution in [0.4, 0.5) is 22.0 Å². The molecule has 124 heavy (non-hydrogen) atoms. The molecule has 6 aliphatic carbocycles. The molecule has 0 spiro atoms. The Morgan fingerprint density at radius 2 is 1.02 bits per heavy atom. The van der Waals surface area contributed by atoms with E-state index in [1.807, 2.05) is 43.3 Å². The number of aromatic nitrogens is 20. The van der Waals surface area contributed by atoms with E-state index in [0.717, 1.165) is 83.7 Å². The molecule has 6 bridgehead atoms. The summed E-state index contributed by atoms with van der Waals surface area (Å²) in [7, 11) is -7.19. The quantitative estimate of drug-likeness (QED) is 0.0486. The van der Waals surface area contributed by atoms with Crippen molar-refractivity contribution in [3.8, 4) is 57.2 Å². The summed E-state index contributed by atoms with van der Waals surface area (Å²) in [5, 5.41) is 50.1. The number of aryl methyl sites for hydroxylation is 1. The number of nitrogens with zero attached hydrogens (tertiary/aromatic N) is 20. The number of ether oxygens (including phenoxy) is 1. The van der Waals surface area contributed by atoms with Gasteiger partial charge in [0.15, 0.2) is 33.1 Å². The zero-order valence-corrected chi connectivity index (χ0v) is 72.0. The van der Waals surface area contributed by atoms with E-state index >= 15 is 0 Å². The average Bonchev–Trinajstić information content (AvgIpc) is 1.52. The molecule has 3 saturated carbocycles. The van der Waals surface area contributed by atoms with Crippen LogP contribution >= 0.6 is 0 Å². The molecule has 8 atom stereocenters. The number of halogens is 5. The summed E-state index contributed by atoms with van der Waals surface area (Å²) in [6.07, 6.45) is 15.2. The molecule has 28 nitrogen and oxygen atoms in total. The van der Waals surface area contributed by atoms with Crippen molar-refractivity contribution < 1.29 is 57.6 Å². The number of aliphatic carboxylic acids is 1. The molecule has 9 aromatic heterocycles. The molecule has 36 heteroatoms. The third-order valence-electron chi connectivity index (χ3n) is 27.2. The normalized spacial score (nSPS) is 23.6. The number of benzene rings is 3. The molecule has 642 valence electrons. The van der Waals surface area contributed by atoms with Gasteiger partial charge < -0.3 is 9.84 Å². The predicted octanol–water partition coefficient (Wildman–Crippen LogP) is 13.1. The standard InChI is InChI=1S/C30H29F2N7O3S.C30H31F2N7O2S.C28H29FN6O3S/c1-28(2)18-7-9-30(28,25-17(18)13-21(36-37-25)24-19(31)5-4-6-20(24)32)22-8-11-33-27(35-22)39-16-34-26(38-39)29(14-23(40)41)10-12-43(3,42)15-29;1-5-14-42(40,41)15-11-18(2)27-34-17-39(38-27)28-33-13-10-24(35-28)30-12-9-20(29(30,3)4)19-16-23(36-37-26(19)30)25-21(31)7-6-8-22(25)32;1-27(2)18-11-13-28(27,26-17(18)15-20(32-33-26)25-19(29)7-5-8-21(25)38-3)22-9-6-10-24(31-22)35-16-30-23(34-35)12-14-39(4,36)37/h4-6,8,11,13,16,18H,3,7,9-10,12,14-15H2,1-2H3,(H,40,41);6-8,10,13,16-17,20H,2,5,9,11-12,14-15H2,1,3-4H3;5-10,15-16,18H,11-14H2,1-4H3/t18-,29?,30-,43?;20-,30-;18-,28-/m000/s1. The van der Waals surface area contributed by atoms with Gasteiger partial charge in [-0.2, -0.15) is 24.7 Å². The number of carboxylic acids is 1. The molecular weight excluding hydrogens is 1660 g/mol. The number of carboxylic acid groups (broad SMARTS) is 1. The number of fused-ring (bicyclic) bond motifs is 15. The van der Waals surface area contributed by atoms with Crippen LogP contribution in [0.2, 0.25) is 0 Å². The Labute approximate surface area is 712 Å². The molecule has 2 unspecified atom stereocenters. The summed E-state index contributed by atoms with van der Waals surface area (Å²) in [4.78, 5) is 48.5. The zero-order chi connectivity index (χ0) is 87.8. The van der Waals surface area contributed by atoms with E-state index in [2.05, 4.69) is 120 Å². The van der Waals surface area contributed by atoms with Crippen molar-refractivity contribution in [2.45, 2.75) is 159 Å². The fourth-order valence-electron chi connectivity index (χ4n) is 21.1. The Bertz CT molecular complexity index is 6670. The number of allylic oxidation sites excluding steroid dienone is 1. The third-order valence-corrected chi connectivity index (χ3v) is 32.1. The number of carbonyl (C=O) groups is 1. The lowest BCUT2D eigenvalue weighted by atomic mass is 9.66. The lowest BCUT2D eigenvalue weighted by molar-refractivity contribution is -0.138. The van der Waals surface area contributed by atoms with E-state index in [1.165, 1.54) is 77.8 Å². The summed E-state index contributed by atoms with van der Waals surface area (Å²) < 4.78 is 143. The maximum Gasteiger partial charge on any atom is 0.304 e. The van der Waals surface area contributed by atoms with Gasteiger partial charge in [0.05, 0.1) is 115 Å². The zero-order valence-electron chi connectivity index (χ0n) is 69.5. The minimum Gasteiger partial charge on any atom is -0.496 e. The third kappa shape index (κ3) is 13.9. The van der Waals surface area contributed by atoms with Gasteiger partial charge in [0.2, 0.25) is 0 Å². The minimum atomic E-state index is -3.16. The molecule has 7 aliphatic rings. The van der Waals surface area contributed by atoms with Gasteiger partial charge in [-0.1, -0.05) is 79.3 Å². The van der Waals surface area contributed by atoms with Gasteiger partial charge in [-0.3, -0.25) is 9.00 Å². The summed E-state index contributed by atoms with van der Waals surface area (Å²) in [6, 6.07) is 27.2. The molecule has 1 N–H and O–H groups in total. The lowest BCUT2D eigenvalue weighted by Crippen LogP contribution is -2.38. The van der Waals surface area contributed by atoms with Gasteiger partial charge in [0.25, 0.3) is 11.9 Å². The highest BCUT2D eigenvalue weighted by atomic mass is 32.2. The number of methoxy groups -OCH3 is 1. The monoisotopic (exact) mass is 1740 g/mol. The van der Waals surface area contributed by atoms with Crippen molar-refractivity contribution in [3.63, 3.8) is 0 Å². The second-order valence-corrected chi connectivity index (χ2v) is 42.3. The van der Waals surface area contributed by atoms with Crippen molar-refractivity contribution in [1.82, 2.24) is 99.8 Å². The van der Waals surface area contributed by atoms with Crippen molar-refractivity contribution in [3.05, 3.63) is 238 Å². The Morgan fingerprint density at radius 3 is 1.49 bits per heavy atom. The fourth-order valence-corrected chi connectivity index (χ4v) is 25.3. The van der Waals surface area contributed by atoms with E-state index in [0.29, 0.717) is 70.3 Å². The maximum atomic E-state index is 14.9. The van der Waals surface area contributed by atoms with E-state index in [4.69, 9.17) is 24.8 Å². The minimum absolute atomic E-state index is 0.00924. The Morgan fingerprint density at radius 1 is 0.556 bits per heavy atom. The van der Waals surface area contributed by atoms with E-state index < -0.39 is 85.9 Å². The van der Waals surface area contributed by atoms with Crippen LogP contribution in [0.5, 0.6) is 5.75 Å². The first-order chi connectivity index (χ1) is 58.9. The molecule has 4 fully saturated rings. The molecule has 12 aromatic rings. The van der Waals surface area contributed by atoms with Gasteiger partial charge in [-0.05, 0) is 208 Å². The molecule has 10 heterocycles. The number of rotatable bonds is 22. The summed E-state index contributed by atoms with van der Waals surface area (Å²) in [5.74, 6) is 3.13. The fraction of sp³-hybridized carbons (Fsp3) is 0.398. The van der Waals surface area contributed by atoms with Crippen LogP contribution in [0.15, 0.2) is 141 Å². The van der Waals surface area contributed by atoms with Gasteiger partial charge in [0, 0.05) is 42.3 Å². The molecule has 1 saturated heterocycles. The Balaban J connectivity index is 0.000000132. The average molecular weight is 1750 g/mol. The highest BCUT2D eigenvalue weighted by molar-refractivity contribution is 8.00. The van der Waals surface area contributed by atoms with Gasteiger partial charge >= 0.3 is 5.97 Å². The second kappa shape index (κ2) is 30.9. The Kier molecular flexibility index (Phi) is 21.0. The smallest absolute Gasteiger partial charge is 0.304 e. The summed E-state index contributed by atoms with van der Waals surface area (Å²) in [5.41, 5.74) is 5.25. The SMILES string of the molecule is C=C(CCS(=O)(=O)CCC)c1ncn(-c2nccc([C@@]34CC[C@@H](c5cc(-c6c(F)cccc6F)nnc53)C4(C)C)n2)n1.C=S1(=O)CCC(CC(=O)O)(c2ncn(-c3nccc([C@@]45CC[C@@H](c6cc(-c7c(F)cccc7F)nnc64)C5(C)C)n3)n2)C1.COc1cccc(F)c1-c1cc2c(nn1)[C@@]1(c3cccc(-n4cnc(CCS(C)(=O)=O)n4)n3)CC[C@@H]2C1(C)C. The van der Waals surface area contributed by atoms with Crippen LogP contribution in [-0.2, 0) is 62.1 Å². The number of pyridine rings is 1. The van der Waals surface area contributed by atoms with E-state index in [1.54, 1.807) is 47.7 Å². The highest BCUT2D eigenvalue weighted by Gasteiger charge is 2.68. The molecule has 19 rings (SSSR count). The van der Waals surface area contributed by atoms with Crippen molar-refractivity contribution >= 4 is 46.6 Å². The molecule has 1 aliphatic heterocycles. The number of hydrogen-bond donors (Lipinski definition) is 1. The lowest BCUT2D eigenvalue weighted by Gasteiger charge is -2.37. The molecule has 0 amide bonds. The van der Waals surface area contributed by atoms with Crippen LogP contribution in [-0.4, -0.2) is 180 Å². The summed E-state index contributed by atoms with van der Waals surface area (Å²) >= 11 is 0. The predicted molar refractivity (Wildman–Crippen MR) is 451 cm³/mol. The van der Waals surface area contributed by atoms with Crippen molar-refractivity contribution in [2.24, 2.45) is 16.2 Å². The van der Waals surface area contributed by atoms with E-state index in [9.17, 15) is 52.9 Å². The van der Waals surface area contributed by atoms with Crippen LogP contribution < -0.4 is 4.74 Å². The van der Waals surface area contributed by atoms with Gasteiger partial charge in [-0.25, -0.2) is 83.3 Å². The van der Waals surface area contributed by atoms with Crippen molar-refractivity contribution in [2.75, 3.05) is 42.1 Å². The molecule has 3 aromatic carbocycles. The van der Waals surface area contributed by atoms with Crippen LogP contribution in [0.3, 0.4) is 0 Å². The van der Waals surface area contributed by atoms with Crippen molar-refractivity contribution in [1.29, 1.82) is 0 Å². The second-order valence-electron chi connectivity index (χ2n) is 35.1. The number of sulfone groups is 2. The first kappa shape index (κ1) is 84.4. The Hall–Kier alpha value is -11.8. The van der Waals surface area contributed by atoms with Crippen LogP contribution in [0.1, 0.15) is 199 Å². The topological polar surface area (TPSA) is 366 Å². The van der Waals surface area contributed by atoms with Crippen LogP contribution in [0.25, 0.3) is 57.1 Å². The van der Waals surface area contributed by atoms with E-state index in [-0.39, 0.29) is 111 Å². The first-order valence-corrected chi connectivity index (χ1v) is 46.7. The maximum absolute atomic E-state index is 14.9. The molecular formula is C88H89F5N20O8S3. The van der Waals surface area contributed by atoms with Gasteiger partial charge in [0.1, 0.15) is 63.7 Å².